The monoisotopic (exact) mass is 395 g/mol. The van der Waals surface area contributed by atoms with Gasteiger partial charge in [0.15, 0.2) is 0 Å². The summed E-state index contributed by atoms with van der Waals surface area (Å²) in [7, 11) is -5.88. The fourth-order valence-electron chi connectivity index (χ4n) is 2.10. The predicted octanol–water partition coefficient (Wildman–Crippen LogP) is 2.84. The van der Waals surface area contributed by atoms with E-state index in [1.165, 1.54) is 10.7 Å². The molecule has 0 radical (unpaired) electrons. The maximum Gasteiger partial charge on any atom is 0.534 e. The van der Waals surface area contributed by atoms with Crippen molar-refractivity contribution < 1.29 is 25.8 Å². The molecule has 0 spiro atoms. The van der Waals surface area contributed by atoms with Gasteiger partial charge in [0.1, 0.15) is 16.6 Å². The van der Waals surface area contributed by atoms with Crippen LogP contribution in [0.2, 0.25) is 5.02 Å². The molecule has 0 aliphatic carbocycles. The fourth-order valence-corrected chi connectivity index (χ4v) is 2.71. The smallest absolute Gasteiger partial charge is 0.337 e. The molecule has 8 nitrogen and oxygen atoms in total. The minimum absolute atomic E-state index is 0.112. The topological polar surface area (TPSA) is 99.9 Å². The highest BCUT2D eigenvalue weighted by Gasteiger charge is 2.49. The highest BCUT2D eigenvalue weighted by molar-refractivity contribution is 7.87. The summed E-state index contributed by atoms with van der Waals surface area (Å²) in [6.07, 6.45) is 1.10. The zero-order valence-corrected chi connectivity index (χ0v) is 14.2. The van der Waals surface area contributed by atoms with Crippen molar-refractivity contribution in [2.24, 2.45) is 0 Å². The summed E-state index contributed by atoms with van der Waals surface area (Å²) >= 11 is 6.11. The van der Waals surface area contributed by atoms with Crippen LogP contribution in [0.5, 0.6) is 6.01 Å². The Labute approximate surface area is 143 Å². The first-order chi connectivity index (χ1) is 11.5. The largest absolute Gasteiger partial charge is 0.534 e. The summed E-state index contributed by atoms with van der Waals surface area (Å²) in [5, 5.41) is 8.45. The molecule has 2 aromatic heterocycles. The van der Waals surface area contributed by atoms with Gasteiger partial charge in [-0.1, -0.05) is 16.8 Å². The molecule has 0 aliphatic heterocycles. The zero-order chi connectivity index (χ0) is 18.6. The van der Waals surface area contributed by atoms with Gasteiger partial charge in [0.05, 0.1) is 5.02 Å². The number of benzene rings is 1. The Morgan fingerprint density at radius 1 is 1.28 bits per heavy atom. The predicted molar refractivity (Wildman–Crippen MR) is 81.6 cm³/mol. The van der Waals surface area contributed by atoms with Crippen LogP contribution in [0.4, 0.5) is 13.2 Å². The van der Waals surface area contributed by atoms with Crippen molar-refractivity contribution in [1.29, 1.82) is 0 Å². The SMILES string of the molecule is CC(C)n1nnc2c(Cl)cc3cnc(OS(=O)(=O)C(F)(F)F)nc3c21. The average Bonchev–Trinajstić information content (AvgIpc) is 2.92. The number of halogens is 4. The molecular weight excluding hydrogens is 387 g/mol. The maximum absolute atomic E-state index is 12.4. The van der Waals surface area contributed by atoms with E-state index in [9.17, 15) is 21.6 Å². The molecule has 0 unspecified atom stereocenters. The fraction of sp³-hybridized carbons (Fsp3) is 0.333. The number of hydrogen-bond donors (Lipinski definition) is 0. The normalized spacial score (nSPS) is 13.1. The molecule has 25 heavy (non-hydrogen) atoms. The molecule has 134 valence electrons. The van der Waals surface area contributed by atoms with Gasteiger partial charge in [-0.25, -0.2) is 9.67 Å². The molecule has 3 aromatic rings. The van der Waals surface area contributed by atoms with Crippen molar-refractivity contribution in [2.45, 2.75) is 25.4 Å². The summed E-state index contributed by atoms with van der Waals surface area (Å²) < 4.78 is 65.0. The number of rotatable bonds is 3. The third kappa shape index (κ3) is 2.95. The Balaban J connectivity index is 2.25. The maximum atomic E-state index is 12.4. The van der Waals surface area contributed by atoms with Gasteiger partial charge in [0.25, 0.3) is 0 Å². The molecule has 3 rings (SSSR count). The first kappa shape index (κ1) is 17.6. The van der Waals surface area contributed by atoms with E-state index in [0.29, 0.717) is 10.9 Å². The van der Waals surface area contributed by atoms with E-state index in [4.69, 9.17) is 11.6 Å². The summed E-state index contributed by atoms with van der Waals surface area (Å²) in [5.74, 6) is 0. The van der Waals surface area contributed by atoms with Gasteiger partial charge in [-0.05, 0) is 19.9 Å². The van der Waals surface area contributed by atoms with Crippen LogP contribution in [0.15, 0.2) is 12.3 Å². The van der Waals surface area contributed by atoms with Gasteiger partial charge in [0, 0.05) is 17.6 Å². The van der Waals surface area contributed by atoms with Gasteiger partial charge in [0.2, 0.25) is 0 Å². The van der Waals surface area contributed by atoms with Crippen LogP contribution >= 0.6 is 11.6 Å². The quantitative estimate of drug-likeness (QED) is 0.496. The molecule has 0 fully saturated rings. The standard InChI is InChI=1S/C12H9ClF3N5O3S/c1-5(2)21-10-8-6(3-7(13)9(10)19-20-21)4-17-11(18-8)24-25(22,23)12(14,15)16/h3-5H,1-2H3. The second-order valence-electron chi connectivity index (χ2n) is 5.26. The van der Waals surface area contributed by atoms with E-state index >= 15 is 0 Å². The van der Waals surface area contributed by atoms with Crippen molar-refractivity contribution in [3.63, 3.8) is 0 Å². The van der Waals surface area contributed by atoms with Gasteiger partial charge >= 0.3 is 21.6 Å². The number of aromatic nitrogens is 5. The van der Waals surface area contributed by atoms with Crippen LogP contribution in [0.25, 0.3) is 21.9 Å². The van der Waals surface area contributed by atoms with Crippen LogP contribution < -0.4 is 4.18 Å². The lowest BCUT2D eigenvalue weighted by molar-refractivity contribution is -0.0502. The lowest BCUT2D eigenvalue weighted by Gasteiger charge is -2.10. The second-order valence-corrected chi connectivity index (χ2v) is 7.20. The first-order valence-electron chi connectivity index (χ1n) is 6.72. The van der Waals surface area contributed by atoms with E-state index in [0.717, 1.165) is 6.20 Å². The Morgan fingerprint density at radius 3 is 2.56 bits per heavy atom. The lowest BCUT2D eigenvalue weighted by Crippen LogP contribution is -2.28. The highest BCUT2D eigenvalue weighted by Crippen LogP contribution is 2.32. The van der Waals surface area contributed by atoms with Crippen LogP contribution in [0.3, 0.4) is 0 Å². The lowest BCUT2D eigenvalue weighted by atomic mass is 10.2. The number of nitrogens with zero attached hydrogens (tertiary/aromatic N) is 5. The van der Waals surface area contributed by atoms with Gasteiger partial charge in [-0.3, -0.25) is 0 Å². The summed E-state index contributed by atoms with van der Waals surface area (Å²) in [6, 6.07) is 0.315. The third-order valence-electron chi connectivity index (χ3n) is 3.18. The Hall–Kier alpha value is -2.21. The molecule has 0 saturated carbocycles. The Bertz CT molecular complexity index is 1080. The molecule has 0 aliphatic rings. The summed E-state index contributed by atoms with van der Waals surface area (Å²) in [5.41, 5.74) is -4.89. The molecule has 0 amide bonds. The van der Waals surface area contributed by atoms with E-state index in [2.05, 4.69) is 24.5 Å². The molecular formula is C12H9ClF3N5O3S. The minimum Gasteiger partial charge on any atom is -0.337 e. The zero-order valence-electron chi connectivity index (χ0n) is 12.6. The second kappa shape index (κ2) is 5.66. The molecule has 0 atom stereocenters. The van der Waals surface area contributed by atoms with Crippen molar-refractivity contribution in [1.82, 2.24) is 25.0 Å². The third-order valence-corrected chi connectivity index (χ3v) is 4.40. The molecule has 0 saturated heterocycles. The van der Waals surface area contributed by atoms with E-state index in [-0.39, 0.29) is 22.1 Å². The molecule has 0 bridgehead atoms. The molecule has 2 heterocycles. The minimum atomic E-state index is -5.88. The molecule has 13 heteroatoms. The van der Waals surface area contributed by atoms with Crippen LogP contribution in [0.1, 0.15) is 19.9 Å². The first-order valence-corrected chi connectivity index (χ1v) is 8.51. The van der Waals surface area contributed by atoms with Gasteiger partial charge < -0.3 is 4.18 Å². The molecule has 0 N–H and O–H groups in total. The van der Waals surface area contributed by atoms with Crippen molar-refractivity contribution >= 4 is 43.7 Å². The van der Waals surface area contributed by atoms with Crippen LogP contribution in [0, 0.1) is 0 Å². The van der Waals surface area contributed by atoms with Crippen molar-refractivity contribution in [2.75, 3.05) is 0 Å². The Kier molecular flexibility index (Phi) is 3.99. The number of fused-ring (bicyclic) bond motifs is 3. The van der Waals surface area contributed by atoms with E-state index in [1.807, 2.05) is 0 Å². The van der Waals surface area contributed by atoms with Gasteiger partial charge in [-0.2, -0.15) is 26.6 Å². The summed E-state index contributed by atoms with van der Waals surface area (Å²) in [4.78, 5) is 7.28. The molecule has 1 aromatic carbocycles. The highest BCUT2D eigenvalue weighted by atomic mass is 35.5. The van der Waals surface area contributed by atoms with Gasteiger partial charge in [-0.15, -0.1) is 5.10 Å². The van der Waals surface area contributed by atoms with Crippen molar-refractivity contribution in [3.05, 3.63) is 17.3 Å². The van der Waals surface area contributed by atoms with Crippen LogP contribution in [-0.4, -0.2) is 38.9 Å². The average molecular weight is 396 g/mol. The Morgan fingerprint density at radius 2 is 1.96 bits per heavy atom. The van der Waals surface area contributed by atoms with Crippen molar-refractivity contribution in [3.8, 4) is 6.01 Å². The van der Waals surface area contributed by atoms with E-state index < -0.39 is 21.6 Å². The number of hydrogen-bond acceptors (Lipinski definition) is 7. The summed E-state index contributed by atoms with van der Waals surface area (Å²) in [6.45, 7) is 3.60. The number of alkyl halides is 3. The van der Waals surface area contributed by atoms with Crippen LogP contribution in [-0.2, 0) is 10.1 Å². The van der Waals surface area contributed by atoms with E-state index in [1.54, 1.807) is 13.8 Å².